The highest BCUT2D eigenvalue weighted by Crippen LogP contribution is 2.82. The van der Waals surface area contributed by atoms with E-state index in [-0.39, 0.29) is 17.8 Å². The molecule has 0 aromatic heterocycles. The summed E-state index contributed by atoms with van der Waals surface area (Å²) in [6.45, 7) is 9.44. The van der Waals surface area contributed by atoms with Gasteiger partial charge in [0.15, 0.2) is 17.2 Å². The van der Waals surface area contributed by atoms with Crippen LogP contribution in [0.2, 0.25) is 0 Å². The van der Waals surface area contributed by atoms with E-state index in [9.17, 15) is 25.2 Å². The van der Waals surface area contributed by atoms with Crippen LogP contribution >= 0.6 is 0 Å². The third kappa shape index (κ3) is 1.71. The van der Waals surface area contributed by atoms with Crippen LogP contribution in [0, 0.1) is 40.4 Å². The number of aliphatic hydroxyl groups excluding tert-OH is 1. The predicted molar refractivity (Wildman–Crippen MR) is 104 cm³/mol. The maximum Gasteiger partial charge on any atom is 0.190 e. The quantitative estimate of drug-likeness (QED) is 0.448. The van der Waals surface area contributed by atoms with Crippen molar-refractivity contribution in [3.63, 3.8) is 0 Å². The van der Waals surface area contributed by atoms with Crippen molar-refractivity contribution in [2.45, 2.75) is 75.8 Å². The smallest absolute Gasteiger partial charge is 0.190 e. The van der Waals surface area contributed by atoms with Crippen LogP contribution in [0.4, 0.5) is 0 Å². The fourth-order valence-corrected chi connectivity index (χ4v) is 8.42. The molecule has 1 aliphatic heterocycles. The van der Waals surface area contributed by atoms with Crippen molar-refractivity contribution >= 4 is 5.78 Å². The van der Waals surface area contributed by atoms with Crippen LogP contribution in [-0.4, -0.2) is 67.6 Å². The van der Waals surface area contributed by atoms with Gasteiger partial charge < -0.3 is 29.9 Å². The van der Waals surface area contributed by atoms with Crippen molar-refractivity contribution in [1.82, 2.24) is 0 Å². The third-order valence-corrected chi connectivity index (χ3v) is 10.2. The van der Waals surface area contributed by atoms with E-state index >= 15 is 0 Å². The highest BCUT2D eigenvalue weighted by Gasteiger charge is 2.90. The topological polar surface area (TPSA) is 116 Å². The molecule has 7 nitrogen and oxygen atoms in total. The molecule has 0 amide bonds. The lowest BCUT2D eigenvalue weighted by molar-refractivity contribution is -0.331. The molecule has 7 heteroatoms. The van der Waals surface area contributed by atoms with Crippen molar-refractivity contribution in [2.75, 3.05) is 6.61 Å². The van der Waals surface area contributed by atoms with Crippen molar-refractivity contribution in [2.24, 2.45) is 40.4 Å². The van der Waals surface area contributed by atoms with Crippen LogP contribution in [0.1, 0.15) is 41.0 Å². The summed E-state index contributed by atoms with van der Waals surface area (Å²) in [5.74, 6) is -3.88. The zero-order valence-corrected chi connectivity index (χ0v) is 18.1. The van der Waals surface area contributed by atoms with Gasteiger partial charge in [-0.15, -0.1) is 0 Å². The molecule has 1 unspecified atom stereocenters. The minimum atomic E-state index is -1.93. The van der Waals surface area contributed by atoms with Gasteiger partial charge in [-0.05, 0) is 38.2 Å². The van der Waals surface area contributed by atoms with Crippen molar-refractivity contribution in [3.05, 3.63) is 12.2 Å². The Morgan fingerprint density at radius 1 is 1.13 bits per heavy atom. The van der Waals surface area contributed by atoms with Gasteiger partial charge in [-0.2, -0.15) is 0 Å². The van der Waals surface area contributed by atoms with E-state index in [1.807, 2.05) is 13.8 Å². The average molecular weight is 421 g/mol. The maximum absolute atomic E-state index is 13.1. The zero-order chi connectivity index (χ0) is 21.9. The lowest BCUT2D eigenvalue weighted by atomic mass is 9.57. The van der Waals surface area contributed by atoms with Crippen LogP contribution in [0.3, 0.4) is 0 Å². The van der Waals surface area contributed by atoms with E-state index in [4.69, 9.17) is 9.47 Å². The third-order valence-electron chi connectivity index (χ3n) is 10.2. The monoisotopic (exact) mass is 420 g/mol. The second kappa shape index (κ2) is 4.90. The molecule has 166 valence electrons. The van der Waals surface area contributed by atoms with E-state index in [1.54, 1.807) is 26.8 Å². The van der Waals surface area contributed by atoms with Gasteiger partial charge in [0.05, 0.1) is 18.3 Å². The number of hydrogen-bond acceptors (Lipinski definition) is 7. The molecule has 4 saturated carbocycles. The Labute approximate surface area is 176 Å². The molecular formula is C23H32O7. The number of fused-ring (bicyclic) bond motifs is 7. The second-order valence-corrected chi connectivity index (χ2v) is 11.9. The van der Waals surface area contributed by atoms with E-state index in [0.717, 1.165) is 0 Å². The Balaban J connectivity index is 1.59. The fraction of sp³-hybridized carbons (Fsp3) is 0.870. The minimum absolute atomic E-state index is 0.0762. The van der Waals surface area contributed by atoms with Crippen molar-refractivity contribution in [1.29, 1.82) is 0 Å². The Morgan fingerprint density at radius 2 is 1.80 bits per heavy atom. The number of carbonyl (C=O) groups excluding carboxylic acids is 1. The number of carbonyl (C=O) groups is 1. The number of ether oxygens (including phenoxy) is 2. The lowest BCUT2D eigenvalue weighted by Gasteiger charge is -2.54. The summed E-state index contributed by atoms with van der Waals surface area (Å²) < 4.78 is 12.3. The van der Waals surface area contributed by atoms with E-state index < -0.39 is 63.2 Å². The summed E-state index contributed by atoms with van der Waals surface area (Å²) in [7, 11) is 0. The molecule has 0 bridgehead atoms. The molecule has 5 aliphatic carbocycles. The highest BCUT2D eigenvalue weighted by molar-refractivity contribution is 6.01. The van der Waals surface area contributed by atoms with Gasteiger partial charge in [0.25, 0.3) is 0 Å². The van der Waals surface area contributed by atoms with E-state index in [0.29, 0.717) is 13.0 Å². The largest absolute Gasteiger partial charge is 0.390 e. The lowest BCUT2D eigenvalue weighted by Crippen LogP contribution is -2.69. The van der Waals surface area contributed by atoms with Gasteiger partial charge in [-0.3, -0.25) is 4.79 Å². The molecule has 0 aromatic carbocycles. The molecule has 4 N–H and O–H groups in total. The molecule has 5 fully saturated rings. The van der Waals surface area contributed by atoms with Crippen LogP contribution in [0.15, 0.2) is 12.2 Å². The molecule has 1 spiro atoms. The van der Waals surface area contributed by atoms with Gasteiger partial charge in [0, 0.05) is 28.6 Å². The summed E-state index contributed by atoms with van der Waals surface area (Å²) in [6.07, 6.45) is 1.62. The summed E-state index contributed by atoms with van der Waals surface area (Å²) >= 11 is 0. The summed E-state index contributed by atoms with van der Waals surface area (Å²) in [5, 5.41) is 46.9. The number of ketones is 1. The van der Waals surface area contributed by atoms with E-state index in [2.05, 4.69) is 0 Å². The molecular weight excluding hydrogens is 388 g/mol. The average Bonchev–Trinajstić information content (AvgIpc) is 3.43. The van der Waals surface area contributed by atoms with E-state index in [1.165, 1.54) is 6.08 Å². The molecule has 6 rings (SSSR count). The summed E-state index contributed by atoms with van der Waals surface area (Å²) in [6, 6.07) is 0. The van der Waals surface area contributed by atoms with Crippen LogP contribution in [0.5, 0.6) is 0 Å². The van der Waals surface area contributed by atoms with Gasteiger partial charge in [-0.25, -0.2) is 0 Å². The number of aliphatic hydroxyl groups is 4. The Hall–Kier alpha value is -0.830. The van der Waals surface area contributed by atoms with Crippen molar-refractivity contribution in [3.8, 4) is 0 Å². The van der Waals surface area contributed by atoms with Crippen LogP contribution in [0.25, 0.3) is 0 Å². The van der Waals surface area contributed by atoms with Gasteiger partial charge in [0.2, 0.25) is 0 Å². The van der Waals surface area contributed by atoms with Gasteiger partial charge in [-0.1, -0.05) is 26.8 Å². The molecule has 6 aliphatic rings. The van der Waals surface area contributed by atoms with Crippen LogP contribution in [-0.2, 0) is 14.3 Å². The second-order valence-electron chi connectivity index (χ2n) is 11.9. The molecule has 0 radical (unpaired) electrons. The molecule has 30 heavy (non-hydrogen) atoms. The Bertz CT molecular complexity index is 896. The summed E-state index contributed by atoms with van der Waals surface area (Å²) in [5.41, 5.74) is -5.96. The first-order valence-electron chi connectivity index (χ1n) is 11.1. The Morgan fingerprint density at radius 3 is 2.47 bits per heavy atom. The fourth-order valence-electron chi connectivity index (χ4n) is 8.42. The SMILES string of the molecule is C[C@@H]1[C@@H](O)[C@]2(O)[C@@H]([C@@H]3[C@@H]4C[C@@]45COC(C)(C)OC5[C@]4(O)C(=O)C=C[C@H]4[C@]31O)C2(C)C. The normalized spacial score (nSPS) is 63.6. The molecule has 1 saturated heterocycles. The zero-order valence-electron chi connectivity index (χ0n) is 18.1. The van der Waals surface area contributed by atoms with Crippen LogP contribution < -0.4 is 0 Å². The minimum Gasteiger partial charge on any atom is -0.390 e. The standard InChI is InChI=1S/C23H32O7/c1-10-16(25)23(28)15(18(23,2)3)14-11-8-20(11)9-29-19(4,5)30-17(20)22(27)12(21(10,14)26)6-7-13(22)24/h6-7,10-12,14-17,25-28H,8-9H2,1-5H3/t10-,11+,12+,14+,15+,16-,17?,20-,21+,22-,23-/m1/s1. The molecule has 1 heterocycles. The number of rotatable bonds is 0. The highest BCUT2D eigenvalue weighted by atomic mass is 16.7. The first-order valence-corrected chi connectivity index (χ1v) is 11.1. The summed E-state index contributed by atoms with van der Waals surface area (Å²) in [4.78, 5) is 13.1. The predicted octanol–water partition coefficient (Wildman–Crippen LogP) is 0.389. The maximum atomic E-state index is 13.1. The first kappa shape index (κ1) is 19.8. The first-order chi connectivity index (χ1) is 13.7. The Kier molecular flexibility index (Phi) is 3.24. The van der Waals surface area contributed by atoms with Gasteiger partial charge >= 0.3 is 0 Å². The molecule has 11 atom stereocenters. The van der Waals surface area contributed by atoms with Crippen molar-refractivity contribution < 1.29 is 34.7 Å². The molecule has 0 aromatic rings. The van der Waals surface area contributed by atoms with Gasteiger partial charge in [0.1, 0.15) is 11.7 Å². The number of hydrogen-bond donors (Lipinski definition) is 4.